The molecule has 0 unspecified atom stereocenters. The topological polar surface area (TPSA) is 30.5 Å². The second-order valence-corrected chi connectivity index (χ2v) is 7.38. The van der Waals surface area contributed by atoms with Crippen molar-refractivity contribution >= 4 is 11.6 Å². The van der Waals surface area contributed by atoms with Crippen LogP contribution in [0.25, 0.3) is 0 Å². The Balaban J connectivity index is 1.63. The second-order valence-electron chi connectivity index (χ2n) is 6.97. The average Bonchev–Trinajstić information content (AvgIpc) is 2.72. The summed E-state index contributed by atoms with van der Waals surface area (Å²) in [6.45, 7) is 1.62. The van der Waals surface area contributed by atoms with Crippen molar-refractivity contribution in [3.05, 3.63) is 70.0 Å². The van der Waals surface area contributed by atoms with Crippen molar-refractivity contribution in [1.82, 2.24) is 5.32 Å². The number of benzene rings is 2. The number of hydrogen-bond donors (Lipinski definition) is 1. The first kappa shape index (κ1) is 20.7. The molecule has 2 aromatic carbocycles. The van der Waals surface area contributed by atoms with Crippen LogP contribution >= 0.6 is 11.6 Å². The second kappa shape index (κ2) is 10.5. The molecular weight excluding hydrogens is 377 g/mol. The van der Waals surface area contributed by atoms with Crippen LogP contribution in [0.2, 0.25) is 5.02 Å². The first-order valence-electron chi connectivity index (χ1n) is 9.79. The van der Waals surface area contributed by atoms with E-state index in [0.717, 1.165) is 18.5 Å². The van der Waals surface area contributed by atoms with Gasteiger partial charge in [-0.25, -0.2) is 4.39 Å². The minimum atomic E-state index is -0.372. The van der Waals surface area contributed by atoms with Crippen LogP contribution in [0.5, 0.6) is 11.5 Å². The Bertz CT molecular complexity index is 802. The summed E-state index contributed by atoms with van der Waals surface area (Å²) in [6, 6.07) is 10.4. The summed E-state index contributed by atoms with van der Waals surface area (Å²) < 4.78 is 25.4. The Morgan fingerprint density at radius 2 is 2.00 bits per heavy atom. The lowest BCUT2D eigenvalue weighted by atomic mass is 9.97. The lowest BCUT2D eigenvalue weighted by molar-refractivity contribution is 0.276. The van der Waals surface area contributed by atoms with Gasteiger partial charge in [0.05, 0.1) is 12.1 Å². The van der Waals surface area contributed by atoms with Gasteiger partial charge in [-0.15, -0.1) is 0 Å². The van der Waals surface area contributed by atoms with E-state index in [1.54, 1.807) is 24.8 Å². The van der Waals surface area contributed by atoms with Crippen molar-refractivity contribution in [2.24, 2.45) is 0 Å². The highest BCUT2D eigenvalue weighted by Crippen LogP contribution is 2.33. The average molecular weight is 404 g/mol. The molecule has 1 N–H and O–H groups in total. The third-order valence-electron chi connectivity index (χ3n) is 5.03. The largest absolute Gasteiger partial charge is 0.493 e. The zero-order valence-corrected chi connectivity index (χ0v) is 17.0. The molecule has 0 saturated carbocycles. The van der Waals surface area contributed by atoms with Crippen molar-refractivity contribution in [2.75, 3.05) is 13.7 Å². The molecule has 3 rings (SSSR count). The van der Waals surface area contributed by atoms with Crippen LogP contribution in [0.15, 0.2) is 48.0 Å². The SMILES string of the molecule is COc1cccc(CNCCC2=CCCCC2)c1OCc1c(F)cccc1Cl. The number of halogens is 2. The van der Waals surface area contributed by atoms with Crippen LogP contribution in [0, 0.1) is 5.82 Å². The Hall–Kier alpha value is -2.04. The molecule has 0 bridgehead atoms. The van der Waals surface area contributed by atoms with Gasteiger partial charge in [0, 0.05) is 17.7 Å². The number of hydrogen-bond acceptors (Lipinski definition) is 3. The van der Waals surface area contributed by atoms with E-state index < -0.39 is 0 Å². The normalized spacial score (nSPS) is 13.9. The molecule has 0 aromatic heterocycles. The molecule has 1 aliphatic carbocycles. The summed E-state index contributed by atoms with van der Waals surface area (Å²) in [4.78, 5) is 0. The fourth-order valence-corrected chi connectivity index (χ4v) is 3.66. The summed E-state index contributed by atoms with van der Waals surface area (Å²) >= 11 is 6.12. The molecule has 2 aromatic rings. The smallest absolute Gasteiger partial charge is 0.166 e. The maximum atomic E-state index is 14.0. The first-order chi connectivity index (χ1) is 13.7. The molecule has 5 heteroatoms. The molecule has 0 saturated heterocycles. The van der Waals surface area contributed by atoms with Crippen molar-refractivity contribution in [3.63, 3.8) is 0 Å². The molecule has 0 amide bonds. The van der Waals surface area contributed by atoms with Crippen molar-refractivity contribution in [3.8, 4) is 11.5 Å². The van der Waals surface area contributed by atoms with Gasteiger partial charge in [0.2, 0.25) is 0 Å². The van der Waals surface area contributed by atoms with E-state index >= 15 is 0 Å². The van der Waals surface area contributed by atoms with E-state index in [1.165, 1.54) is 31.7 Å². The van der Waals surface area contributed by atoms with Gasteiger partial charge in [0.25, 0.3) is 0 Å². The van der Waals surface area contributed by atoms with Gasteiger partial charge in [-0.1, -0.05) is 41.4 Å². The third kappa shape index (κ3) is 5.49. The molecule has 0 aliphatic heterocycles. The van der Waals surface area contributed by atoms with E-state index in [1.807, 2.05) is 18.2 Å². The molecule has 150 valence electrons. The van der Waals surface area contributed by atoms with Gasteiger partial charge in [0.1, 0.15) is 12.4 Å². The molecule has 3 nitrogen and oxygen atoms in total. The van der Waals surface area contributed by atoms with Crippen LogP contribution < -0.4 is 14.8 Å². The number of nitrogens with one attached hydrogen (secondary N) is 1. The lowest BCUT2D eigenvalue weighted by Gasteiger charge is -2.17. The first-order valence-corrected chi connectivity index (χ1v) is 10.2. The van der Waals surface area contributed by atoms with E-state index in [2.05, 4.69) is 11.4 Å². The molecule has 0 heterocycles. The van der Waals surface area contributed by atoms with Gasteiger partial charge in [-0.2, -0.15) is 0 Å². The Morgan fingerprint density at radius 1 is 1.14 bits per heavy atom. The molecule has 28 heavy (non-hydrogen) atoms. The minimum Gasteiger partial charge on any atom is -0.493 e. The monoisotopic (exact) mass is 403 g/mol. The minimum absolute atomic E-state index is 0.0474. The number of rotatable bonds is 9. The summed E-state index contributed by atoms with van der Waals surface area (Å²) in [6.07, 6.45) is 8.50. The molecular formula is C23H27ClFNO2. The van der Waals surface area contributed by atoms with Gasteiger partial charge in [-0.05, 0) is 56.8 Å². The fourth-order valence-electron chi connectivity index (χ4n) is 3.44. The highest BCUT2D eigenvalue weighted by atomic mass is 35.5. The summed E-state index contributed by atoms with van der Waals surface area (Å²) in [5.41, 5.74) is 2.87. The standard InChI is InChI=1S/C23H27ClFNO2/c1-27-22-12-5-9-18(15-26-14-13-17-7-3-2-4-8-17)23(22)28-16-19-20(24)10-6-11-21(19)25/h5-7,9-12,26H,2-4,8,13-16H2,1H3. The van der Waals surface area contributed by atoms with Crippen LogP contribution in [-0.4, -0.2) is 13.7 Å². The number of allylic oxidation sites excluding steroid dienone is 1. The van der Waals surface area contributed by atoms with Crippen molar-refractivity contribution < 1.29 is 13.9 Å². The quantitative estimate of drug-likeness (QED) is 0.408. The van der Waals surface area contributed by atoms with Gasteiger partial charge >= 0.3 is 0 Å². The van der Waals surface area contributed by atoms with Gasteiger partial charge < -0.3 is 14.8 Å². The van der Waals surface area contributed by atoms with Gasteiger partial charge in [-0.3, -0.25) is 0 Å². The Kier molecular flexibility index (Phi) is 7.75. The van der Waals surface area contributed by atoms with Crippen LogP contribution in [-0.2, 0) is 13.2 Å². The maximum Gasteiger partial charge on any atom is 0.166 e. The number of methoxy groups -OCH3 is 1. The predicted molar refractivity (Wildman–Crippen MR) is 112 cm³/mol. The van der Waals surface area contributed by atoms with Crippen molar-refractivity contribution in [2.45, 2.75) is 45.3 Å². The molecule has 0 atom stereocenters. The summed E-state index contributed by atoms with van der Waals surface area (Å²) in [7, 11) is 1.60. The predicted octanol–water partition coefficient (Wildman–Crippen LogP) is 6.05. The van der Waals surface area contributed by atoms with E-state index in [4.69, 9.17) is 21.1 Å². The van der Waals surface area contributed by atoms with Gasteiger partial charge in [0.15, 0.2) is 11.5 Å². The molecule has 1 aliphatic rings. The summed E-state index contributed by atoms with van der Waals surface area (Å²) in [5.74, 6) is 0.873. The molecule has 0 radical (unpaired) electrons. The molecule has 0 spiro atoms. The number of ether oxygens (including phenoxy) is 2. The zero-order valence-electron chi connectivity index (χ0n) is 16.3. The maximum absolute atomic E-state index is 14.0. The van der Waals surface area contributed by atoms with Crippen LogP contribution in [0.3, 0.4) is 0 Å². The van der Waals surface area contributed by atoms with Crippen LogP contribution in [0.4, 0.5) is 4.39 Å². The lowest BCUT2D eigenvalue weighted by Crippen LogP contribution is -2.16. The highest BCUT2D eigenvalue weighted by molar-refractivity contribution is 6.31. The summed E-state index contributed by atoms with van der Waals surface area (Å²) in [5, 5.41) is 3.84. The Morgan fingerprint density at radius 3 is 2.75 bits per heavy atom. The van der Waals surface area contributed by atoms with Crippen LogP contribution in [0.1, 0.15) is 43.2 Å². The third-order valence-corrected chi connectivity index (χ3v) is 5.38. The highest BCUT2D eigenvalue weighted by Gasteiger charge is 2.14. The number of para-hydroxylation sites is 1. The van der Waals surface area contributed by atoms with E-state index in [-0.39, 0.29) is 12.4 Å². The van der Waals surface area contributed by atoms with Crippen molar-refractivity contribution in [1.29, 1.82) is 0 Å². The Labute approximate surface area is 171 Å². The zero-order chi connectivity index (χ0) is 19.8. The van der Waals surface area contributed by atoms with E-state index in [0.29, 0.717) is 28.6 Å². The fraction of sp³-hybridized carbons (Fsp3) is 0.391. The van der Waals surface area contributed by atoms with E-state index in [9.17, 15) is 4.39 Å². The molecule has 0 fully saturated rings.